The lowest BCUT2D eigenvalue weighted by molar-refractivity contribution is -0.117. The molecule has 0 saturated carbocycles. The highest BCUT2D eigenvalue weighted by Gasteiger charge is 2.13. The van der Waals surface area contributed by atoms with E-state index in [1.165, 1.54) is 12.3 Å². The molecule has 0 fully saturated rings. The minimum atomic E-state index is -0.588. The summed E-state index contributed by atoms with van der Waals surface area (Å²) in [5.41, 5.74) is 5.66. The van der Waals surface area contributed by atoms with Crippen molar-refractivity contribution in [1.82, 2.24) is 10.7 Å². The number of hydrogen-bond acceptors (Lipinski definition) is 4. The molecule has 0 spiro atoms. The molecule has 6 nitrogen and oxygen atoms in total. The number of nitrogens with one attached hydrogen (secondary N) is 2. The van der Waals surface area contributed by atoms with Gasteiger partial charge in [-0.1, -0.05) is 84.4 Å². The molecule has 0 unspecified atom stereocenters. The van der Waals surface area contributed by atoms with Crippen LogP contribution >= 0.6 is 11.6 Å². The molecule has 2 N–H and O–H groups in total. The Morgan fingerprint density at radius 2 is 1.65 bits per heavy atom. The van der Waals surface area contributed by atoms with Crippen LogP contribution in [0.3, 0.4) is 0 Å². The van der Waals surface area contributed by atoms with Gasteiger partial charge in [-0.25, -0.2) is 5.43 Å². The monoisotopic (exact) mass is 509 g/mol. The number of benzene rings is 3. The first-order valence-corrected chi connectivity index (χ1v) is 11.9. The number of carbonyl (C=O) groups excluding carboxylic acids is 2. The van der Waals surface area contributed by atoms with Gasteiger partial charge in [0.25, 0.3) is 11.8 Å². The van der Waals surface area contributed by atoms with Gasteiger partial charge in [0.2, 0.25) is 0 Å². The first-order chi connectivity index (χ1) is 18.0. The lowest BCUT2D eigenvalue weighted by Crippen LogP contribution is -2.32. The Morgan fingerprint density at radius 1 is 0.919 bits per heavy atom. The summed E-state index contributed by atoms with van der Waals surface area (Å²) in [6.45, 7) is 1.93. The predicted molar refractivity (Wildman–Crippen MR) is 147 cm³/mol. The van der Waals surface area contributed by atoms with Crippen LogP contribution in [0.4, 0.5) is 0 Å². The normalized spacial score (nSPS) is 11.7. The highest BCUT2D eigenvalue weighted by atomic mass is 35.5. The molecule has 0 saturated heterocycles. The summed E-state index contributed by atoms with van der Waals surface area (Å²) in [6.07, 6.45) is 6.41. The quantitative estimate of drug-likeness (QED) is 0.125. The van der Waals surface area contributed by atoms with Crippen LogP contribution in [0, 0.1) is 6.92 Å². The zero-order valence-electron chi connectivity index (χ0n) is 20.0. The van der Waals surface area contributed by atoms with Gasteiger partial charge >= 0.3 is 0 Å². The van der Waals surface area contributed by atoms with Crippen LogP contribution in [-0.2, 0) is 4.79 Å². The Morgan fingerprint density at radius 3 is 2.38 bits per heavy atom. The Hall–Kier alpha value is -4.68. The molecule has 4 aromatic rings. The van der Waals surface area contributed by atoms with Crippen molar-refractivity contribution in [2.75, 3.05) is 0 Å². The Bertz CT molecular complexity index is 1470. The van der Waals surface area contributed by atoms with Gasteiger partial charge in [-0.05, 0) is 54.5 Å². The van der Waals surface area contributed by atoms with E-state index < -0.39 is 11.8 Å². The van der Waals surface area contributed by atoms with Gasteiger partial charge in [-0.15, -0.1) is 0 Å². The third kappa shape index (κ3) is 7.16. The second kappa shape index (κ2) is 12.3. The fourth-order valence-electron chi connectivity index (χ4n) is 3.32. The fourth-order valence-corrected chi connectivity index (χ4v) is 3.50. The van der Waals surface area contributed by atoms with Crippen LogP contribution in [-0.4, -0.2) is 18.0 Å². The maximum atomic E-state index is 12.9. The molecule has 2 amide bonds. The van der Waals surface area contributed by atoms with E-state index in [0.717, 1.165) is 16.7 Å². The zero-order valence-corrected chi connectivity index (χ0v) is 20.8. The van der Waals surface area contributed by atoms with E-state index in [1.807, 2.05) is 67.6 Å². The van der Waals surface area contributed by atoms with Crippen molar-refractivity contribution in [3.8, 4) is 11.3 Å². The van der Waals surface area contributed by atoms with Crippen molar-refractivity contribution in [2.45, 2.75) is 6.92 Å². The first-order valence-electron chi connectivity index (χ1n) is 11.5. The Labute approximate surface area is 220 Å². The predicted octanol–water partition coefficient (Wildman–Crippen LogP) is 6.39. The van der Waals surface area contributed by atoms with Crippen molar-refractivity contribution in [3.63, 3.8) is 0 Å². The molecule has 3 aromatic carbocycles. The Kier molecular flexibility index (Phi) is 8.47. The molecule has 37 heavy (non-hydrogen) atoms. The molecular weight excluding hydrogens is 486 g/mol. The van der Waals surface area contributed by atoms with Crippen molar-refractivity contribution < 1.29 is 14.0 Å². The summed E-state index contributed by atoms with van der Waals surface area (Å²) >= 11 is 6.21. The number of rotatable bonds is 8. The highest BCUT2D eigenvalue weighted by molar-refractivity contribution is 6.31. The van der Waals surface area contributed by atoms with E-state index >= 15 is 0 Å². The van der Waals surface area contributed by atoms with Gasteiger partial charge in [0, 0.05) is 16.1 Å². The number of amides is 2. The number of aryl methyl sites for hydroxylation is 1. The number of furan rings is 1. The summed E-state index contributed by atoms with van der Waals surface area (Å²) in [5, 5.41) is 7.29. The number of halogens is 1. The number of hydrogen-bond donors (Lipinski definition) is 2. The second-order valence-electron chi connectivity index (χ2n) is 8.04. The minimum absolute atomic E-state index is 0.0348. The van der Waals surface area contributed by atoms with Crippen LogP contribution < -0.4 is 10.7 Å². The molecule has 184 valence electrons. The largest absolute Gasteiger partial charge is 0.455 e. The van der Waals surface area contributed by atoms with Crippen molar-refractivity contribution >= 4 is 35.7 Å². The topological polar surface area (TPSA) is 83.7 Å². The van der Waals surface area contributed by atoms with Crippen molar-refractivity contribution in [2.24, 2.45) is 5.10 Å². The summed E-state index contributed by atoms with van der Waals surface area (Å²) in [7, 11) is 0. The highest BCUT2D eigenvalue weighted by Crippen LogP contribution is 2.26. The molecule has 0 bridgehead atoms. The molecule has 1 aromatic heterocycles. The van der Waals surface area contributed by atoms with Crippen LogP contribution in [0.15, 0.2) is 118 Å². The number of allylic oxidation sites excluding steroid dienone is 2. The molecule has 0 aliphatic heterocycles. The fraction of sp³-hybridized carbons (Fsp3) is 0.0333. The van der Waals surface area contributed by atoms with Gasteiger partial charge in [-0.3, -0.25) is 9.59 Å². The van der Waals surface area contributed by atoms with Gasteiger partial charge in [0.15, 0.2) is 0 Å². The molecule has 0 radical (unpaired) electrons. The molecular formula is C30H24ClN3O3. The third-order valence-electron chi connectivity index (χ3n) is 5.32. The van der Waals surface area contributed by atoms with E-state index in [-0.39, 0.29) is 5.70 Å². The summed E-state index contributed by atoms with van der Waals surface area (Å²) in [4.78, 5) is 25.5. The standard InChI is InChI=1S/C30H24ClN3O3/c1-21-15-16-24(19-26(21)31)28-18-17-25(37-28)20-32-34-30(36)27(14-8-11-22-9-4-2-5-10-22)33-29(35)23-12-6-3-7-13-23/h2-20H,1H3,(H,33,35)(H,34,36)/b11-8+,27-14-,32-20-. The summed E-state index contributed by atoms with van der Waals surface area (Å²) < 4.78 is 5.79. The number of nitrogens with zero attached hydrogens (tertiary/aromatic N) is 1. The number of carbonyl (C=O) groups is 2. The third-order valence-corrected chi connectivity index (χ3v) is 5.73. The first kappa shape index (κ1) is 25.4. The smallest absolute Gasteiger partial charge is 0.287 e. The zero-order chi connectivity index (χ0) is 26.0. The number of hydrazone groups is 1. The van der Waals surface area contributed by atoms with Crippen LogP contribution in [0.1, 0.15) is 27.2 Å². The van der Waals surface area contributed by atoms with Crippen LogP contribution in [0.5, 0.6) is 0 Å². The van der Waals surface area contributed by atoms with Crippen molar-refractivity contribution in [1.29, 1.82) is 0 Å². The van der Waals surface area contributed by atoms with Gasteiger partial charge in [0.1, 0.15) is 17.2 Å². The maximum Gasteiger partial charge on any atom is 0.287 e. The molecule has 4 rings (SSSR count). The van der Waals surface area contributed by atoms with Gasteiger partial charge < -0.3 is 9.73 Å². The van der Waals surface area contributed by atoms with Crippen LogP contribution in [0.2, 0.25) is 5.02 Å². The molecule has 1 heterocycles. The molecule has 0 aliphatic carbocycles. The van der Waals surface area contributed by atoms with Gasteiger partial charge in [0.05, 0.1) is 6.21 Å². The summed E-state index contributed by atoms with van der Waals surface area (Å²) in [6, 6.07) is 27.4. The lowest BCUT2D eigenvalue weighted by Gasteiger charge is -2.08. The van der Waals surface area contributed by atoms with Crippen LogP contribution in [0.25, 0.3) is 17.4 Å². The average molecular weight is 510 g/mol. The van der Waals surface area contributed by atoms with E-state index in [2.05, 4.69) is 15.8 Å². The molecule has 0 atom stereocenters. The Balaban J connectivity index is 1.46. The van der Waals surface area contributed by atoms with Crippen molar-refractivity contribution in [3.05, 3.63) is 136 Å². The van der Waals surface area contributed by atoms with E-state index in [9.17, 15) is 9.59 Å². The van der Waals surface area contributed by atoms with E-state index in [0.29, 0.717) is 22.1 Å². The lowest BCUT2D eigenvalue weighted by atomic mass is 10.1. The minimum Gasteiger partial charge on any atom is -0.455 e. The average Bonchev–Trinajstić information content (AvgIpc) is 3.39. The molecule has 7 heteroatoms. The maximum absolute atomic E-state index is 12.9. The van der Waals surface area contributed by atoms with Gasteiger partial charge in [-0.2, -0.15) is 5.10 Å². The summed E-state index contributed by atoms with van der Waals surface area (Å²) in [5.74, 6) is 0.0631. The SMILES string of the molecule is Cc1ccc(-c2ccc(/C=N\NC(=O)/C(=C/C=C/c3ccccc3)NC(=O)c3ccccc3)o2)cc1Cl. The molecule has 0 aliphatic rings. The van der Waals surface area contributed by atoms with E-state index in [1.54, 1.807) is 42.5 Å². The second-order valence-corrected chi connectivity index (χ2v) is 8.44. The van der Waals surface area contributed by atoms with E-state index in [4.69, 9.17) is 16.0 Å².